The van der Waals surface area contributed by atoms with E-state index in [2.05, 4.69) is 0 Å². The van der Waals surface area contributed by atoms with Crippen LogP contribution in [0.15, 0.2) is 23.1 Å². The minimum Gasteiger partial charge on any atom is -0.481 e. The normalized spacial score (nSPS) is 24.9. The van der Waals surface area contributed by atoms with Gasteiger partial charge in [-0.25, -0.2) is 8.42 Å². The molecule has 0 aromatic heterocycles. The van der Waals surface area contributed by atoms with Crippen molar-refractivity contribution in [2.24, 2.45) is 11.8 Å². The van der Waals surface area contributed by atoms with E-state index in [1.165, 1.54) is 21.3 Å². The summed E-state index contributed by atoms with van der Waals surface area (Å²) in [5.74, 6) is -1.75. The molecule has 2 unspecified atom stereocenters. The standard InChI is InChI=1S/C16H20N2O5S/c1-10-5-12(16(20)21)9-18(8-10)24(22,23)13-3-4-14-11(6-13)7-15(19)17(14)2/h3-4,6,10,12H,5,7-9H2,1-2H3,(H,20,21). The van der Waals surface area contributed by atoms with Crippen LogP contribution in [0.4, 0.5) is 5.69 Å². The summed E-state index contributed by atoms with van der Waals surface area (Å²) >= 11 is 0. The number of rotatable bonds is 3. The minimum absolute atomic E-state index is 0.0159. The fourth-order valence-corrected chi connectivity index (χ4v) is 5.09. The van der Waals surface area contributed by atoms with Crippen LogP contribution in [-0.2, 0) is 26.0 Å². The van der Waals surface area contributed by atoms with E-state index in [1.807, 2.05) is 6.92 Å². The van der Waals surface area contributed by atoms with Crippen molar-refractivity contribution in [2.45, 2.75) is 24.7 Å². The minimum atomic E-state index is -3.78. The molecule has 0 saturated carbocycles. The molecule has 7 nitrogen and oxygen atoms in total. The molecule has 0 bridgehead atoms. The third kappa shape index (κ3) is 2.80. The summed E-state index contributed by atoms with van der Waals surface area (Å²) in [6, 6.07) is 4.65. The van der Waals surface area contributed by atoms with E-state index in [4.69, 9.17) is 0 Å². The van der Waals surface area contributed by atoms with Crippen LogP contribution in [0.25, 0.3) is 0 Å². The number of hydrogen-bond acceptors (Lipinski definition) is 4. The van der Waals surface area contributed by atoms with Crippen molar-refractivity contribution in [1.82, 2.24) is 4.31 Å². The van der Waals surface area contributed by atoms with Gasteiger partial charge in [-0.15, -0.1) is 0 Å². The second-order valence-corrected chi connectivity index (χ2v) is 8.56. The predicted molar refractivity (Wildman–Crippen MR) is 87.2 cm³/mol. The third-order valence-electron chi connectivity index (χ3n) is 4.74. The van der Waals surface area contributed by atoms with Crippen molar-refractivity contribution >= 4 is 27.6 Å². The second kappa shape index (κ2) is 5.86. The molecule has 0 spiro atoms. The number of sulfonamides is 1. The average Bonchev–Trinajstić information content (AvgIpc) is 2.81. The molecule has 1 aromatic carbocycles. The summed E-state index contributed by atoms with van der Waals surface area (Å²) in [7, 11) is -2.12. The lowest BCUT2D eigenvalue weighted by Crippen LogP contribution is -2.45. The van der Waals surface area contributed by atoms with Crippen molar-refractivity contribution in [3.8, 4) is 0 Å². The molecule has 130 valence electrons. The van der Waals surface area contributed by atoms with E-state index in [1.54, 1.807) is 13.1 Å². The number of aliphatic carboxylic acids is 1. The molecule has 0 radical (unpaired) electrons. The third-order valence-corrected chi connectivity index (χ3v) is 6.57. The molecule has 3 rings (SSSR count). The van der Waals surface area contributed by atoms with Crippen LogP contribution in [0.2, 0.25) is 0 Å². The Hall–Kier alpha value is -1.93. The number of fused-ring (bicyclic) bond motifs is 1. The topological polar surface area (TPSA) is 95.0 Å². The smallest absolute Gasteiger partial charge is 0.307 e. The number of carboxylic acids is 1. The molecule has 1 amide bonds. The van der Waals surface area contributed by atoms with Gasteiger partial charge in [0.05, 0.1) is 17.2 Å². The van der Waals surface area contributed by atoms with Gasteiger partial charge in [0.1, 0.15) is 0 Å². The highest BCUT2D eigenvalue weighted by atomic mass is 32.2. The lowest BCUT2D eigenvalue weighted by atomic mass is 9.92. The van der Waals surface area contributed by atoms with Crippen molar-refractivity contribution < 1.29 is 23.1 Å². The Morgan fingerprint density at radius 2 is 2.00 bits per heavy atom. The Morgan fingerprint density at radius 1 is 1.29 bits per heavy atom. The fraction of sp³-hybridized carbons (Fsp3) is 0.500. The molecular formula is C16H20N2O5S. The largest absolute Gasteiger partial charge is 0.481 e. The highest BCUT2D eigenvalue weighted by Crippen LogP contribution is 2.32. The number of carbonyl (C=O) groups is 2. The number of anilines is 1. The van der Waals surface area contributed by atoms with Crippen LogP contribution in [-0.4, -0.2) is 49.8 Å². The van der Waals surface area contributed by atoms with Gasteiger partial charge in [-0.3, -0.25) is 9.59 Å². The number of carbonyl (C=O) groups excluding carboxylic acids is 1. The van der Waals surface area contributed by atoms with E-state index in [9.17, 15) is 23.1 Å². The predicted octanol–water partition coefficient (Wildman–Crippen LogP) is 0.937. The lowest BCUT2D eigenvalue weighted by Gasteiger charge is -2.33. The van der Waals surface area contributed by atoms with Gasteiger partial charge in [-0.05, 0) is 36.1 Å². The lowest BCUT2D eigenvalue weighted by molar-refractivity contribution is -0.143. The number of piperidine rings is 1. The number of carboxylic acid groups (broad SMARTS) is 1. The Kier molecular flexibility index (Phi) is 4.13. The van der Waals surface area contributed by atoms with Gasteiger partial charge in [-0.2, -0.15) is 4.31 Å². The number of likely N-dealkylation sites (N-methyl/N-ethyl adjacent to an activating group) is 1. The van der Waals surface area contributed by atoms with Crippen molar-refractivity contribution in [2.75, 3.05) is 25.0 Å². The highest BCUT2D eigenvalue weighted by molar-refractivity contribution is 7.89. The molecule has 1 fully saturated rings. The van der Waals surface area contributed by atoms with Crippen LogP contribution in [0.3, 0.4) is 0 Å². The highest BCUT2D eigenvalue weighted by Gasteiger charge is 2.37. The molecule has 1 saturated heterocycles. The molecule has 8 heteroatoms. The SMILES string of the molecule is CC1CC(C(=O)O)CN(S(=O)(=O)c2ccc3c(c2)CC(=O)N3C)C1. The Bertz CT molecular complexity index is 805. The summed E-state index contributed by atoms with van der Waals surface area (Å²) in [5, 5.41) is 9.23. The number of benzene rings is 1. The van der Waals surface area contributed by atoms with E-state index in [0.29, 0.717) is 18.5 Å². The molecule has 2 aliphatic rings. The van der Waals surface area contributed by atoms with Crippen molar-refractivity contribution in [3.05, 3.63) is 23.8 Å². The molecule has 0 aliphatic carbocycles. The quantitative estimate of drug-likeness (QED) is 0.873. The van der Waals surface area contributed by atoms with E-state index >= 15 is 0 Å². The Balaban J connectivity index is 1.92. The van der Waals surface area contributed by atoms with Gasteiger partial charge in [0.25, 0.3) is 0 Å². The molecule has 2 atom stereocenters. The zero-order chi connectivity index (χ0) is 17.6. The molecule has 1 N–H and O–H groups in total. The number of nitrogens with zero attached hydrogens (tertiary/aromatic N) is 2. The first-order valence-corrected chi connectivity index (χ1v) is 9.26. The number of hydrogen-bond donors (Lipinski definition) is 1. The first-order valence-electron chi connectivity index (χ1n) is 7.82. The fourth-order valence-electron chi connectivity index (χ4n) is 3.43. The van der Waals surface area contributed by atoms with Gasteiger partial charge in [0.2, 0.25) is 15.9 Å². The molecule has 24 heavy (non-hydrogen) atoms. The maximum absolute atomic E-state index is 12.9. The monoisotopic (exact) mass is 352 g/mol. The Morgan fingerprint density at radius 3 is 2.67 bits per heavy atom. The van der Waals surface area contributed by atoms with E-state index < -0.39 is 21.9 Å². The maximum Gasteiger partial charge on any atom is 0.307 e. The molecule has 1 aromatic rings. The van der Waals surface area contributed by atoms with Gasteiger partial charge in [0.15, 0.2) is 0 Å². The molecule has 2 aliphatic heterocycles. The second-order valence-electron chi connectivity index (χ2n) is 6.62. The van der Waals surface area contributed by atoms with Crippen LogP contribution < -0.4 is 4.90 Å². The first-order chi connectivity index (χ1) is 11.2. The first kappa shape index (κ1) is 16.9. The van der Waals surface area contributed by atoms with Crippen LogP contribution in [0.5, 0.6) is 0 Å². The van der Waals surface area contributed by atoms with E-state index in [-0.39, 0.29) is 29.7 Å². The Labute approximate surface area is 140 Å². The summed E-state index contributed by atoms with van der Waals surface area (Å²) in [6.45, 7) is 2.15. The van der Waals surface area contributed by atoms with Crippen molar-refractivity contribution in [3.63, 3.8) is 0 Å². The summed E-state index contributed by atoms with van der Waals surface area (Å²) in [6.07, 6.45) is 0.661. The summed E-state index contributed by atoms with van der Waals surface area (Å²) in [5.41, 5.74) is 1.40. The summed E-state index contributed by atoms with van der Waals surface area (Å²) in [4.78, 5) is 24.6. The van der Waals surface area contributed by atoms with Gasteiger partial charge in [0, 0.05) is 25.8 Å². The van der Waals surface area contributed by atoms with Crippen molar-refractivity contribution in [1.29, 1.82) is 0 Å². The number of amides is 1. The van der Waals surface area contributed by atoms with Crippen LogP contribution in [0, 0.1) is 11.8 Å². The average molecular weight is 352 g/mol. The molecular weight excluding hydrogens is 332 g/mol. The zero-order valence-electron chi connectivity index (χ0n) is 13.6. The van der Waals surface area contributed by atoms with E-state index in [0.717, 1.165) is 5.69 Å². The van der Waals surface area contributed by atoms with Crippen LogP contribution in [0.1, 0.15) is 18.9 Å². The summed E-state index contributed by atoms with van der Waals surface area (Å²) < 4.78 is 27.0. The molecule has 2 heterocycles. The van der Waals surface area contributed by atoms with Gasteiger partial charge < -0.3 is 10.0 Å². The van der Waals surface area contributed by atoms with Gasteiger partial charge >= 0.3 is 5.97 Å². The zero-order valence-corrected chi connectivity index (χ0v) is 14.4. The van der Waals surface area contributed by atoms with Crippen LogP contribution >= 0.6 is 0 Å². The maximum atomic E-state index is 12.9. The van der Waals surface area contributed by atoms with Gasteiger partial charge in [-0.1, -0.05) is 6.92 Å².